The first kappa shape index (κ1) is 5.80. The van der Waals surface area contributed by atoms with Gasteiger partial charge in [0, 0.05) is 0 Å². The fraction of sp³-hybridized carbons (Fsp3) is 0.200. The average Bonchev–Trinajstić information content (AvgIpc) is 2.20. The van der Waals surface area contributed by atoms with E-state index in [4.69, 9.17) is 14.6 Å². The quantitative estimate of drug-likeness (QED) is 0.533. The predicted molar refractivity (Wildman–Crippen MR) is 46.9 cm³/mol. The average molecular weight is 158 g/mol. The zero-order valence-electron chi connectivity index (χ0n) is 8.89. The van der Waals surface area contributed by atoms with Crippen LogP contribution in [0.25, 0.3) is 4.85 Å². The maximum atomic E-state index is 8.80. The van der Waals surface area contributed by atoms with Gasteiger partial charge in [-0.25, -0.2) is 4.85 Å². The molecule has 2 heteroatoms. The minimum Gasteiger partial charge on any atom is -0.236 e. The van der Waals surface area contributed by atoms with E-state index in [9.17, 15) is 0 Å². The molecule has 0 atom stereocenters. The predicted octanol–water partition coefficient (Wildman–Crippen LogP) is 2.73. The Morgan fingerprint density at radius 2 is 2.25 bits per heavy atom. The first-order valence-corrected chi connectivity index (χ1v) is 3.42. The third-order valence-corrected chi connectivity index (χ3v) is 1.50. The maximum absolute atomic E-state index is 8.80. The summed E-state index contributed by atoms with van der Waals surface area (Å²) in [6.45, 7) is 10.1. The summed E-state index contributed by atoms with van der Waals surface area (Å²) in [5, 5.41) is 8.80. The highest BCUT2D eigenvalue weighted by Crippen LogP contribution is 2.24. The van der Waals surface area contributed by atoms with Crippen molar-refractivity contribution < 1.29 is 2.74 Å². The number of nitriles is 1. The lowest BCUT2D eigenvalue weighted by molar-refractivity contribution is 1.37. The van der Waals surface area contributed by atoms with E-state index in [1.807, 2.05) is 6.07 Å². The van der Waals surface area contributed by atoms with Crippen molar-refractivity contribution in [3.8, 4) is 6.07 Å². The number of hydrogen-bond donors (Lipinski definition) is 0. The Labute approximate surface area is 74.7 Å². The molecule has 0 heterocycles. The lowest BCUT2D eigenvalue weighted by atomic mass is 10.1. The molecule has 0 saturated carbocycles. The Morgan fingerprint density at radius 3 is 2.75 bits per heavy atom. The molecule has 0 radical (unpaired) electrons. The van der Waals surface area contributed by atoms with Crippen LogP contribution < -0.4 is 0 Å². The summed E-state index contributed by atoms with van der Waals surface area (Å²) >= 11 is 0. The number of nitrogens with zero attached hydrogens (tertiary/aromatic N) is 2. The second-order valence-corrected chi connectivity index (χ2v) is 2.45. The van der Waals surface area contributed by atoms with Crippen LogP contribution >= 0.6 is 0 Å². The molecule has 0 N–H and O–H groups in total. The molecular formula is C10H8N2. The molecule has 0 fully saturated rings. The number of benzene rings is 1. The van der Waals surface area contributed by atoms with Crippen LogP contribution in [0.5, 0.6) is 0 Å². The van der Waals surface area contributed by atoms with Crippen LogP contribution in [0.4, 0.5) is 5.69 Å². The summed E-state index contributed by atoms with van der Waals surface area (Å²) in [6, 6.07) is 2.01. The van der Waals surface area contributed by atoms with E-state index in [1.54, 1.807) is 13.8 Å². The second-order valence-electron chi connectivity index (χ2n) is 2.45. The molecule has 0 bridgehead atoms. The SMILES string of the molecule is [2H]c1c(C)c([2H])c(C#N)c([N+]#[C-])c1C. The van der Waals surface area contributed by atoms with E-state index in [2.05, 4.69) is 4.85 Å². The number of hydrogen-bond acceptors (Lipinski definition) is 1. The summed E-state index contributed by atoms with van der Waals surface area (Å²) in [4.78, 5) is 3.19. The minimum atomic E-state index is -0.00546. The molecule has 58 valence electrons. The Kier molecular flexibility index (Phi) is 1.48. The lowest BCUT2D eigenvalue weighted by Gasteiger charge is -2.00. The van der Waals surface area contributed by atoms with Gasteiger partial charge >= 0.3 is 0 Å². The lowest BCUT2D eigenvalue weighted by Crippen LogP contribution is -1.82. The summed E-state index contributed by atoms with van der Waals surface area (Å²) in [5.41, 5.74) is 1.13. The molecule has 2 nitrogen and oxygen atoms in total. The summed E-state index contributed by atoms with van der Waals surface area (Å²) < 4.78 is 15.2. The van der Waals surface area contributed by atoms with Crippen molar-refractivity contribution in [1.29, 1.82) is 5.26 Å². The highest BCUT2D eigenvalue weighted by molar-refractivity contribution is 5.64. The molecule has 0 unspecified atom stereocenters. The highest BCUT2D eigenvalue weighted by atomic mass is 14.7. The molecule has 0 spiro atoms. The zero-order valence-corrected chi connectivity index (χ0v) is 6.89. The van der Waals surface area contributed by atoms with Crippen LogP contribution in [0.1, 0.15) is 19.4 Å². The fourth-order valence-corrected chi connectivity index (χ4v) is 1.03. The van der Waals surface area contributed by atoms with Crippen molar-refractivity contribution in [3.63, 3.8) is 0 Å². The maximum Gasteiger partial charge on any atom is 0.207 e. The Bertz CT molecular complexity index is 434. The number of rotatable bonds is 0. The summed E-state index contributed by atoms with van der Waals surface area (Å²) in [5.74, 6) is 0. The molecule has 0 aliphatic heterocycles. The molecule has 1 aromatic rings. The van der Waals surface area contributed by atoms with Gasteiger partial charge in [0.15, 0.2) is 0 Å². The van der Waals surface area contributed by atoms with Crippen molar-refractivity contribution in [2.24, 2.45) is 0 Å². The standard InChI is InChI=1S/C10H8N2/c1-7-4-8(2)10(12-3)9(5-7)6-11/h4-5H,1-2H3/i4D,5D. The first-order chi connectivity index (χ1) is 6.54. The van der Waals surface area contributed by atoms with Gasteiger partial charge in [-0.05, 0) is 19.4 Å². The third kappa shape index (κ3) is 1.28. The van der Waals surface area contributed by atoms with Gasteiger partial charge in [0.05, 0.1) is 20.9 Å². The smallest absolute Gasteiger partial charge is 0.207 e. The second kappa shape index (κ2) is 3.07. The molecule has 0 aliphatic carbocycles. The van der Waals surface area contributed by atoms with Crippen molar-refractivity contribution in [1.82, 2.24) is 0 Å². The van der Waals surface area contributed by atoms with Gasteiger partial charge in [0.2, 0.25) is 5.69 Å². The van der Waals surface area contributed by atoms with Gasteiger partial charge in [-0.2, -0.15) is 5.26 Å². The first-order valence-electron chi connectivity index (χ1n) is 4.42. The Hall–Kier alpha value is -1.80. The Balaban J connectivity index is 3.79. The van der Waals surface area contributed by atoms with E-state index in [0.29, 0.717) is 11.1 Å². The van der Waals surface area contributed by atoms with Crippen molar-refractivity contribution in [2.45, 2.75) is 13.8 Å². The van der Waals surface area contributed by atoms with Crippen LogP contribution in [-0.2, 0) is 0 Å². The van der Waals surface area contributed by atoms with Gasteiger partial charge in [-0.3, -0.25) is 0 Å². The zero-order chi connectivity index (χ0) is 10.9. The highest BCUT2D eigenvalue weighted by Gasteiger charge is 2.05. The van der Waals surface area contributed by atoms with E-state index < -0.39 is 0 Å². The van der Waals surface area contributed by atoms with Crippen molar-refractivity contribution in [2.75, 3.05) is 0 Å². The van der Waals surface area contributed by atoms with Crippen LogP contribution in [-0.4, -0.2) is 0 Å². The summed E-state index contributed by atoms with van der Waals surface area (Å²) in [7, 11) is 0. The molecular weight excluding hydrogens is 148 g/mol. The van der Waals surface area contributed by atoms with Crippen LogP contribution in [0.2, 0.25) is 0 Å². The monoisotopic (exact) mass is 158 g/mol. The van der Waals surface area contributed by atoms with Crippen molar-refractivity contribution >= 4 is 5.69 Å². The van der Waals surface area contributed by atoms with Gasteiger partial charge in [0.25, 0.3) is 0 Å². The van der Waals surface area contributed by atoms with Crippen LogP contribution in [0.3, 0.4) is 0 Å². The normalized spacial score (nSPS) is 11.0. The van der Waals surface area contributed by atoms with Gasteiger partial charge in [0.1, 0.15) is 0 Å². The molecule has 0 amide bonds. The van der Waals surface area contributed by atoms with Crippen LogP contribution in [0.15, 0.2) is 12.1 Å². The summed E-state index contributed by atoms with van der Waals surface area (Å²) in [6.07, 6.45) is 0. The Morgan fingerprint density at radius 1 is 1.58 bits per heavy atom. The van der Waals surface area contributed by atoms with E-state index in [1.165, 1.54) is 0 Å². The van der Waals surface area contributed by atoms with Gasteiger partial charge in [-0.1, -0.05) is 17.6 Å². The van der Waals surface area contributed by atoms with Gasteiger partial charge in [-0.15, -0.1) is 0 Å². The van der Waals surface area contributed by atoms with E-state index >= 15 is 0 Å². The molecule has 0 aliphatic rings. The van der Waals surface area contributed by atoms with Crippen LogP contribution in [0, 0.1) is 31.8 Å². The largest absolute Gasteiger partial charge is 0.236 e. The van der Waals surface area contributed by atoms with E-state index in [-0.39, 0.29) is 23.3 Å². The fourth-order valence-electron chi connectivity index (χ4n) is 1.03. The molecule has 0 saturated heterocycles. The molecule has 1 aromatic carbocycles. The molecule has 0 aromatic heterocycles. The molecule has 12 heavy (non-hydrogen) atoms. The van der Waals surface area contributed by atoms with Crippen molar-refractivity contribution in [3.05, 3.63) is 40.2 Å². The van der Waals surface area contributed by atoms with E-state index in [0.717, 1.165) is 0 Å². The minimum absolute atomic E-state index is 0.00546. The third-order valence-electron chi connectivity index (χ3n) is 1.50. The molecule has 1 rings (SSSR count). The topological polar surface area (TPSA) is 28.1 Å². The van der Waals surface area contributed by atoms with Gasteiger partial charge < -0.3 is 0 Å².